The molecule has 1 heterocycles. The lowest BCUT2D eigenvalue weighted by molar-refractivity contribution is -0.271. The normalized spacial score (nSPS) is 30.8. The molecule has 0 aliphatic carbocycles. The van der Waals surface area contributed by atoms with Gasteiger partial charge in [-0.25, -0.2) is 18.4 Å². The topological polar surface area (TPSA) is 203 Å². The highest BCUT2D eigenvalue weighted by Gasteiger charge is 2.48. The van der Waals surface area contributed by atoms with Gasteiger partial charge in [-0.15, -0.1) is 0 Å². The molecule has 1 fully saturated rings. The van der Waals surface area contributed by atoms with Gasteiger partial charge in [-0.2, -0.15) is 0 Å². The number of nitrogens with two attached hydrogens (primary N) is 2. The third-order valence-electron chi connectivity index (χ3n) is 3.37. The number of aliphatic hydroxyl groups is 3. The van der Waals surface area contributed by atoms with E-state index in [1.165, 1.54) is 0 Å². The van der Waals surface area contributed by atoms with Crippen LogP contribution in [-0.4, -0.2) is 65.5 Å². The largest absolute Gasteiger partial charge is 0.479 e. The Morgan fingerprint density at radius 3 is 2.29 bits per heavy atom. The summed E-state index contributed by atoms with van der Waals surface area (Å²) >= 11 is 0. The van der Waals surface area contributed by atoms with Crippen LogP contribution in [0.15, 0.2) is 23.1 Å². The van der Waals surface area contributed by atoms with Crippen LogP contribution in [0, 0.1) is 0 Å². The average Bonchev–Trinajstić information content (AvgIpc) is 2.48. The number of hydrogen-bond acceptors (Lipinski definition) is 9. The molecule has 8 N–H and O–H groups in total. The van der Waals surface area contributed by atoms with Crippen molar-refractivity contribution in [2.45, 2.75) is 35.6 Å². The fourth-order valence-corrected chi connectivity index (χ4v) is 2.63. The van der Waals surface area contributed by atoms with Gasteiger partial charge in [0.05, 0.1) is 10.6 Å². The number of rotatable bonds is 4. The number of carboxylic acid groups (broad SMARTS) is 1. The summed E-state index contributed by atoms with van der Waals surface area (Å²) in [6, 6.07) is 3.20. The second-order valence-electron chi connectivity index (χ2n) is 5.10. The number of aliphatic hydroxyl groups excluding tert-OH is 3. The molecule has 5 unspecified atom stereocenters. The van der Waals surface area contributed by atoms with E-state index in [0.29, 0.717) is 0 Å². The number of sulfonamides is 1. The molecule has 0 spiro atoms. The molecule has 1 aliphatic heterocycles. The van der Waals surface area contributed by atoms with Gasteiger partial charge >= 0.3 is 5.97 Å². The van der Waals surface area contributed by atoms with E-state index < -0.39 is 46.7 Å². The van der Waals surface area contributed by atoms with Crippen LogP contribution in [-0.2, 0) is 19.6 Å². The zero-order valence-corrected chi connectivity index (χ0v) is 12.8. The van der Waals surface area contributed by atoms with Crippen molar-refractivity contribution in [3.05, 3.63) is 18.2 Å². The Labute approximate surface area is 136 Å². The summed E-state index contributed by atoms with van der Waals surface area (Å²) in [4.78, 5) is 10.7. The molecule has 24 heavy (non-hydrogen) atoms. The summed E-state index contributed by atoms with van der Waals surface area (Å²) in [5.41, 5.74) is 5.45. The predicted octanol–water partition coefficient (Wildman–Crippen LogP) is -2.81. The van der Waals surface area contributed by atoms with Crippen LogP contribution in [0.25, 0.3) is 0 Å². The Balaban J connectivity index is 2.25. The van der Waals surface area contributed by atoms with Crippen LogP contribution in [0.5, 0.6) is 5.75 Å². The van der Waals surface area contributed by atoms with E-state index in [0.717, 1.165) is 18.2 Å². The molecule has 0 radical (unpaired) electrons. The highest BCUT2D eigenvalue weighted by molar-refractivity contribution is 7.89. The predicted molar refractivity (Wildman–Crippen MR) is 77.2 cm³/mol. The maximum atomic E-state index is 11.2. The third-order valence-corrected chi connectivity index (χ3v) is 4.28. The van der Waals surface area contributed by atoms with Gasteiger partial charge in [0.1, 0.15) is 24.1 Å². The summed E-state index contributed by atoms with van der Waals surface area (Å²) in [7, 11) is -3.99. The summed E-state index contributed by atoms with van der Waals surface area (Å²) in [5.74, 6) is -1.71. The monoisotopic (exact) mass is 364 g/mol. The van der Waals surface area contributed by atoms with E-state index in [-0.39, 0.29) is 16.3 Å². The minimum absolute atomic E-state index is 0.140. The van der Waals surface area contributed by atoms with Crippen molar-refractivity contribution in [2.24, 2.45) is 5.14 Å². The summed E-state index contributed by atoms with van der Waals surface area (Å²) in [5, 5.41) is 43.0. The quantitative estimate of drug-likeness (QED) is 0.302. The highest BCUT2D eigenvalue weighted by atomic mass is 32.2. The van der Waals surface area contributed by atoms with Gasteiger partial charge < -0.3 is 35.6 Å². The molecule has 1 aliphatic rings. The maximum Gasteiger partial charge on any atom is 0.335 e. The van der Waals surface area contributed by atoms with Crippen LogP contribution in [0.2, 0.25) is 0 Å². The van der Waals surface area contributed by atoms with Crippen molar-refractivity contribution >= 4 is 21.7 Å². The van der Waals surface area contributed by atoms with E-state index in [1.807, 2.05) is 0 Å². The smallest absolute Gasteiger partial charge is 0.335 e. The molecular formula is C12H16N2O9S. The first kappa shape index (κ1) is 18.4. The summed E-state index contributed by atoms with van der Waals surface area (Å²) in [6.07, 6.45) is -8.97. The SMILES string of the molecule is Nc1cc(S(N)(=O)=O)ccc1OC1OC(C(=O)O)C(O)C(O)C1O. The van der Waals surface area contributed by atoms with Crippen LogP contribution in [0.4, 0.5) is 5.69 Å². The minimum atomic E-state index is -3.99. The molecule has 0 aromatic heterocycles. The zero-order valence-electron chi connectivity index (χ0n) is 12.0. The Bertz CT molecular complexity index is 738. The van der Waals surface area contributed by atoms with Gasteiger partial charge in [-0.1, -0.05) is 0 Å². The van der Waals surface area contributed by atoms with Crippen molar-refractivity contribution < 1.29 is 43.1 Å². The molecule has 0 amide bonds. The Morgan fingerprint density at radius 1 is 1.17 bits per heavy atom. The zero-order chi connectivity index (χ0) is 18.2. The molecule has 0 bridgehead atoms. The van der Waals surface area contributed by atoms with Crippen molar-refractivity contribution in [3.8, 4) is 5.75 Å². The van der Waals surface area contributed by atoms with Crippen molar-refractivity contribution in [1.29, 1.82) is 0 Å². The fourth-order valence-electron chi connectivity index (χ4n) is 2.09. The number of primary sulfonamides is 1. The van der Waals surface area contributed by atoms with E-state index >= 15 is 0 Å². The van der Waals surface area contributed by atoms with Gasteiger partial charge in [-0.3, -0.25) is 0 Å². The standard InChI is InChI=1S/C12H16N2O9S/c13-5-3-4(24(14,20)21)1-2-6(5)22-12-9(17)7(15)8(16)10(23-12)11(18)19/h1-3,7-10,12,15-17H,13H2,(H,18,19)(H2,14,20,21). The molecular weight excluding hydrogens is 348 g/mol. The molecule has 1 aromatic rings. The maximum absolute atomic E-state index is 11.2. The number of aliphatic carboxylic acids is 1. The van der Waals surface area contributed by atoms with Gasteiger partial charge in [0.15, 0.2) is 6.10 Å². The Kier molecular flexibility index (Phi) is 4.98. The van der Waals surface area contributed by atoms with Crippen molar-refractivity contribution in [1.82, 2.24) is 0 Å². The fraction of sp³-hybridized carbons (Fsp3) is 0.417. The van der Waals surface area contributed by atoms with Gasteiger partial charge in [0.25, 0.3) is 0 Å². The van der Waals surface area contributed by atoms with Crippen LogP contribution >= 0.6 is 0 Å². The number of anilines is 1. The number of hydrogen-bond donors (Lipinski definition) is 6. The lowest BCUT2D eigenvalue weighted by Gasteiger charge is -2.38. The minimum Gasteiger partial charge on any atom is -0.479 e. The number of carboxylic acids is 1. The average molecular weight is 364 g/mol. The number of carbonyl (C=O) groups is 1. The Hall–Kier alpha value is -1.96. The van der Waals surface area contributed by atoms with Crippen LogP contribution in [0.1, 0.15) is 0 Å². The lowest BCUT2D eigenvalue weighted by atomic mass is 9.99. The van der Waals surface area contributed by atoms with E-state index in [4.69, 9.17) is 25.5 Å². The van der Waals surface area contributed by atoms with E-state index in [9.17, 15) is 28.5 Å². The first-order chi connectivity index (χ1) is 11.0. The number of ether oxygens (including phenoxy) is 2. The van der Waals surface area contributed by atoms with Gasteiger partial charge in [0, 0.05) is 0 Å². The first-order valence-electron chi connectivity index (χ1n) is 6.54. The molecule has 0 saturated carbocycles. The molecule has 134 valence electrons. The molecule has 11 nitrogen and oxygen atoms in total. The molecule has 2 rings (SSSR count). The van der Waals surface area contributed by atoms with Crippen LogP contribution < -0.4 is 15.6 Å². The summed E-state index contributed by atoms with van der Waals surface area (Å²) in [6.45, 7) is 0. The van der Waals surface area contributed by atoms with Crippen molar-refractivity contribution in [3.63, 3.8) is 0 Å². The van der Waals surface area contributed by atoms with Gasteiger partial charge in [-0.05, 0) is 18.2 Å². The first-order valence-corrected chi connectivity index (χ1v) is 8.08. The number of benzene rings is 1. The molecule has 1 aromatic carbocycles. The molecule has 1 saturated heterocycles. The summed E-state index contributed by atoms with van der Waals surface area (Å²) < 4.78 is 32.6. The van der Waals surface area contributed by atoms with Crippen molar-refractivity contribution in [2.75, 3.05) is 5.73 Å². The third kappa shape index (κ3) is 3.58. The number of nitrogen functional groups attached to an aromatic ring is 1. The highest BCUT2D eigenvalue weighted by Crippen LogP contribution is 2.29. The molecule has 5 atom stereocenters. The Morgan fingerprint density at radius 2 is 1.79 bits per heavy atom. The van der Waals surface area contributed by atoms with E-state index in [2.05, 4.69) is 0 Å². The van der Waals surface area contributed by atoms with Crippen LogP contribution in [0.3, 0.4) is 0 Å². The lowest BCUT2D eigenvalue weighted by Crippen LogP contribution is -2.61. The van der Waals surface area contributed by atoms with Gasteiger partial charge in [0.2, 0.25) is 16.3 Å². The van der Waals surface area contributed by atoms with E-state index in [1.54, 1.807) is 0 Å². The second kappa shape index (κ2) is 6.51. The second-order valence-corrected chi connectivity index (χ2v) is 6.66. The molecule has 12 heteroatoms.